The maximum absolute atomic E-state index is 13.0. The standard InChI is InChI=1S/C28H38N2O5/c1-5-34-27(32)21-17-30-22(16-23(21)31)20-15-24(33-4)25(35-13-9-7-6-8-12-29)14-19(20)18-10-11-28(2,3)26(18)30/h14-18,26H,5-13,29H2,1-4H3/t18-,26+/m1/s1. The maximum Gasteiger partial charge on any atom is 0.343 e. The second-order valence-corrected chi connectivity index (χ2v) is 10.3. The van der Waals surface area contributed by atoms with Crippen LogP contribution in [0.2, 0.25) is 0 Å². The van der Waals surface area contributed by atoms with Gasteiger partial charge in [-0.1, -0.05) is 26.7 Å². The van der Waals surface area contributed by atoms with Gasteiger partial charge in [0, 0.05) is 29.8 Å². The zero-order chi connectivity index (χ0) is 25.2. The topological polar surface area (TPSA) is 92.8 Å². The molecule has 0 amide bonds. The molecule has 4 rings (SSSR count). The third-order valence-electron chi connectivity index (χ3n) is 7.52. The number of hydrogen-bond acceptors (Lipinski definition) is 6. The predicted octanol–water partition coefficient (Wildman–Crippen LogP) is 5.06. The van der Waals surface area contributed by atoms with Crippen molar-refractivity contribution in [1.82, 2.24) is 4.57 Å². The molecule has 1 aliphatic carbocycles. The molecule has 2 heterocycles. The average Bonchev–Trinajstić information content (AvgIpc) is 3.16. The molecule has 1 aromatic heterocycles. The Balaban J connectivity index is 1.76. The number of hydrogen-bond donors (Lipinski definition) is 1. The Labute approximate surface area is 207 Å². The van der Waals surface area contributed by atoms with Crippen LogP contribution in [0.15, 0.2) is 29.2 Å². The van der Waals surface area contributed by atoms with E-state index in [2.05, 4.69) is 24.5 Å². The number of rotatable bonds is 10. The average molecular weight is 483 g/mol. The van der Waals surface area contributed by atoms with Crippen molar-refractivity contribution < 1.29 is 19.0 Å². The minimum Gasteiger partial charge on any atom is -0.493 e. The van der Waals surface area contributed by atoms with Crippen molar-refractivity contribution in [2.24, 2.45) is 11.1 Å². The van der Waals surface area contributed by atoms with Gasteiger partial charge in [0.25, 0.3) is 0 Å². The molecule has 0 unspecified atom stereocenters. The normalized spacial score (nSPS) is 19.5. The van der Waals surface area contributed by atoms with Gasteiger partial charge in [0.1, 0.15) is 5.56 Å². The van der Waals surface area contributed by atoms with E-state index in [0.717, 1.165) is 62.1 Å². The predicted molar refractivity (Wildman–Crippen MR) is 136 cm³/mol. The van der Waals surface area contributed by atoms with Gasteiger partial charge in [-0.15, -0.1) is 0 Å². The van der Waals surface area contributed by atoms with E-state index in [1.807, 2.05) is 6.07 Å². The van der Waals surface area contributed by atoms with Crippen LogP contribution in [-0.4, -0.2) is 37.4 Å². The van der Waals surface area contributed by atoms with Crippen molar-refractivity contribution in [2.45, 2.75) is 71.3 Å². The molecule has 0 bridgehead atoms. The van der Waals surface area contributed by atoms with Crippen molar-refractivity contribution in [3.05, 3.63) is 45.7 Å². The fourth-order valence-electron chi connectivity index (χ4n) is 5.79. The molecule has 190 valence electrons. The summed E-state index contributed by atoms with van der Waals surface area (Å²) in [5.41, 5.74) is 8.30. The lowest BCUT2D eigenvalue weighted by molar-refractivity contribution is 0.0523. The van der Waals surface area contributed by atoms with Gasteiger partial charge >= 0.3 is 5.97 Å². The maximum atomic E-state index is 13.0. The smallest absolute Gasteiger partial charge is 0.343 e. The van der Waals surface area contributed by atoms with Crippen molar-refractivity contribution in [3.63, 3.8) is 0 Å². The Kier molecular flexibility index (Phi) is 7.55. The highest BCUT2D eigenvalue weighted by Crippen LogP contribution is 2.59. The monoisotopic (exact) mass is 482 g/mol. The van der Waals surface area contributed by atoms with Gasteiger partial charge in [-0.05, 0) is 62.3 Å². The zero-order valence-corrected chi connectivity index (χ0v) is 21.4. The first-order valence-corrected chi connectivity index (χ1v) is 12.8. The molecule has 2 aliphatic rings. The van der Waals surface area contributed by atoms with Gasteiger partial charge in [0.2, 0.25) is 0 Å². The summed E-state index contributed by atoms with van der Waals surface area (Å²) in [6, 6.07) is 5.79. The van der Waals surface area contributed by atoms with E-state index in [-0.39, 0.29) is 35.0 Å². The number of unbranched alkanes of at least 4 members (excludes halogenated alkanes) is 3. The Morgan fingerprint density at radius 2 is 1.91 bits per heavy atom. The van der Waals surface area contributed by atoms with E-state index >= 15 is 0 Å². The van der Waals surface area contributed by atoms with Crippen molar-refractivity contribution in [2.75, 3.05) is 26.9 Å². The number of esters is 1. The lowest BCUT2D eigenvalue weighted by atomic mass is 9.77. The SMILES string of the molecule is CCOC(=O)c1cn2c(cc1=O)-c1cc(OC)c(OCCCCCCN)cc1[C@H]1CCC(C)(C)[C@H]12. The molecule has 1 fully saturated rings. The molecule has 7 nitrogen and oxygen atoms in total. The molecule has 0 spiro atoms. The van der Waals surface area contributed by atoms with Crippen LogP contribution in [-0.2, 0) is 4.74 Å². The Morgan fingerprint density at radius 1 is 1.14 bits per heavy atom. The molecule has 2 N–H and O–H groups in total. The molecule has 7 heteroatoms. The van der Waals surface area contributed by atoms with Gasteiger partial charge in [-0.2, -0.15) is 0 Å². The van der Waals surface area contributed by atoms with E-state index in [1.54, 1.807) is 26.3 Å². The number of pyridine rings is 1. The number of carbonyl (C=O) groups excluding carboxylic acids is 1. The van der Waals surface area contributed by atoms with Crippen LogP contribution in [0.25, 0.3) is 11.3 Å². The van der Waals surface area contributed by atoms with E-state index in [9.17, 15) is 9.59 Å². The van der Waals surface area contributed by atoms with E-state index in [1.165, 1.54) is 5.56 Å². The third kappa shape index (κ3) is 4.83. The van der Waals surface area contributed by atoms with E-state index in [4.69, 9.17) is 19.9 Å². The van der Waals surface area contributed by atoms with Gasteiger partial charge in [-0.25, -0.2) is 4.79 Å². The first-order valence-electron chi connectivity index (χ1n) is 12.8. The third-order valence-corrected chi connectivity index (χ3v) is 7.52. The summed E-state index contributed by atoms with van der Waals surface area (Å²) >= 11 is 0. The number of methoxy groups -OCH3 is 1. The van der Waals surface area contributed by atoms with Crippen LogP contribution in [0, 0.1) is 5.41 Å². The Morgan fingerprint density at radius 3 is 2.63 bits per heavy atom. The highest BCUT2D eigenvalue weighted by atomic mass is 16.5. The van der Waals surface area contributed by atoms with Crippen LogP contribution in [0.4, 0.5) is 0 Å². The van der Waals surface area contributed by atoms with Gasteiger partial charge in [0.05, 0.1) is 26.0 Å². The first kappa shape index (κ1) is 25.3. The number of aromatic nitrogens is 1. The number of benzene rings is 1. The number of carbonyl (C=O) groups is 1. The van der Waals surface area contributed by atoms with E-state index < -0.39 is 5.97 Å². The molecule has 0 radical (unpaired) electrons. The van der Waals surface area contributed by atoms with Crippen molar-refractivity contribution >= 4 is 5.97 Å². The van der Waals surface area contributed by atoms with Crippen LogP contribution in [0.5, 0.6) is 11.5 Å². The zero-order valence-electron chi connectivity index (χ0n) is 21.4. The molecule has 1 aromatic carbocycles. The van der Waals surface area contributed by atoms with Crippen LogP contribution in [0.3, 0.4) is 0 Å². The highest BCUT2D eigenvalue weighted by Gasteiger charge is 2.47. The summed E-state index contributed by atoms with van der Waals surface area (Å²) in [6.07, 6.45) is 7.98. The molecule has 0 saturated heterocycles. The van der Waals surface area contributed by atoms with Crippen LogP contribution in [0.1, 0.15) is 87.2 Å². The summed E-state index contributed by atoms with van der Waals surface area (Å²) in [5.74, 6) is 1.07. The molecular formula is C28H38N2O5. The summed E-state index contributed by atoms with van der Waals surface area (Å²) < 4.78 is 19.2. The largest absolute Gasteiger partial charge is 0.493 e. The van der Waals surface area contributed by atoms with Gasteiger partial charge in [0.15, 0.2) is 16.9 Å². The Bertz CT molecular complexity index is 1140. The summed E-state index contributed by atoms with van der Waals surface area (Å²) in [7, 11) is 1.64. The minimum absolute atomic E-state index is 0.00203. The van der Waals surface area contributed by atoms with Crippen LogP contribution >= 0.6 is 0 Å². The van der Waals surface area contributed by atoms with Gasteiger partial charge in [-0.3, -0.25) is 4.79 Å². The summed E-state index contributed by atoms with van der Waals surface area (Å²) in [6.45, 7) is 7.84. The first-order chi connectivity index (χ1) is 16.8. The van der Waals surface area contributed by atoms with E-state index in [0.29, 0.717) is 12.4 Å². The molecule has 2 atom stereocenters. The molecule has 35 heavy (non-hydrogen) atoms. The number of ether oxygens (including phenoxy) is 3. The quantitative estimate of drug-likeness (QED) is 0.376. The lowest BCUT2D eigenvalue weighted by Gasteiger charge is -2.40. The lowest BCUT2D eigenvalue weighted by Crippen LogP contribution is -2.32. The second-order valence-electron chi connectivity index (χ2n) is 10.3. The molecule has 1 aliphatic heterocycles. The Hall–Kier alpha value is -2.80. The molecule has 1 saturated carbocycles. The molecular weight excluding hydrogens is 444 g/mol. The molecule has 2 aromatic rings. The van der Waals surface area contributed by atoms with Crippen molar-refractivity contribution in [1.29, 1.82) is 0 Å². The number of nitrogens with zero attached hydrogens (tertiary/aromatic N) is 1. The highest BCUT2D eigenvalue weighted by molar-refractivity contribution is 5.89. The summed E-state index contributed by atoms with van der Waals surface area (Å²) in [5, 5.41) is 0. The van der Waals surface area contributed by atoms with Crippen molar-refractivity contribution in [3.8, 4) is 22.8 Å². The second kappa shape index (κ2) is 10.4. The fraction of sp³-hybridized carbons (Fsp3) is 0.571. The van der Waals surface area contributed by atoms with Gasteiger partial charge < -0.3 is 24.5 Å². The fourth-order valence-corrected chi connectivity index (χ4v) is 5.79. The number of nitrogens with two attached hydrogens (primary N) is 1. The van der Waals surface area contributed by atoms with Crippen LogP contribution < -0.4 is 20.6 Å². The number of fused-ring (bicyclic) bond motifs is 6. The minimum atomic E-state index is -0.571. The summed E-state index contributed by atoms with van der Waals surface area (Å²) in [4.78, 5) is 25.5.